The summed E-state index contributed by atoms with van der Waals surface area (Å²) >= 11 is 0. The summed E-state index contributed by atoms with van der Waals surface area (Å²) in [5.74, 6) is -1.15. The summed E-state index contributed by atoms with van der Waals surface area (Å²) in [6.07, 6.45) is 0.734. The van der Waals surface area contributed by atoms with Gasteiger partial charge in [-0.15, -0.1) is 0 Å². The fourth-order valence-corrected chi connectivity index (χ4v) is 4.39. The molecule has 0 fully saturated rings. The lowest BCUT2D eigenvalue weighted by molar-refractivity contribution is 0.0696. The molecule has 2 N–H and O–H groups in total. The number of aromatic carboxylic acids is 1. The Morgan fingerprint density at radius 1 is 1.20 bits per heavy atom. The van der Waals surface area contributed by atoms with Gasteiger partial charge in [-0.25, -0.2) is 13.2 Å². The molecule has 3 rings (SSSR count). The topological polar surface area (TPSA) is 92.7 Å². The standard InChI is InChI=1S/C18H19NO5S/c1-11-8-12(2)17(9-14(11)18(20)21)25(22,23)19-16-5-3-4-13-6-7-24-10-15(13)16/h3-5,8-9,19H,6-7,10H2,1-2H3,(H,20,21). The van der Waals surface area contributed by atoms with Crippen LogP contribution in [0.4, 0.5) is 5.69 Å². The van der Waals surface area contributed by atoms with Crippen LogP contribution in [0.15, 0.2) is 35.2 Å². The summed E-state index contributed by atoms with van der Waals surface area (Å²) in [6.45, 7) is 4.26. The number of hydrogen-bond acceptors (Lipinski definition) is 4. The molecule has 0 saturated carbocycles. The third-order valence-electron chi connectivity index (χ3n) is 4.32. The molecule has 7 heteroatoms. The molecule has 1 aliphatic heterocycles. The summed E-state index contributed by atoms with van der Waals surface area (Å²) in [5.41, 5.74) is 3.34. The second-order valence-corrected chi connectivity index (χ2v) is 7.74. The summed E-state index contributed by atoms with van der Waals surface area (Å²) in [7, 11) is -3.92. The number of anilines is 1. The number of aryl methyl sites for hydroxylation is 2. The molecule has 25 heavy (non-hydrogen) atoms. The van der Waals surface area contributed by atoms with Crippen LogP contribution in [0.3, 0.4) is 0 Å². The van der Waals surface area contributed by atoms with Crippen molar-refractivity contribution in [1.29, 1.82) is 0 Å². The van der Waals surface area contributed by atoms with Crippen LogP contribution in [0.5, 0.6) is 0 Å². The van der Waals surface area contributed by atoms with Crippen molar-refractivity contribution in [2.24, 2.45) is 0 Å². The van der Waals surface area contributed by atoms with Crippen LogP contribution in [-0.4, -0.2) is 26.1 Å². The minimum absolute atomic E-state index is 0.0237. The van der Waals surface area contributed by atoms with Crippen molar-refractivity contribution in [2.45, 2.75) is 31.8 Å². The van der Waals surface area contributed by atoms with E-state index in [2.05, 4.69) is 4.72 Å². The Hall–Kier alpha value is -2.38. The molecule has 0 amide bonds. The van der Waals surface area contributed by atoms with Crippen LogP contribution in [0.1, 0.15) is 32.6 Å². The quantitative estimate of drug-likeness (QED) is 0.873. The maximum Gasteiger partial charge on any atom is 0.335 e. The van der Waals surface area contributed by atoms with E-state index in [4.69, 9.17) is 4.74 Å². The van der Waals surface area contributed by atoms with Crippen molar-refractivity contribution in [3.63, 3.8) is 0 Å². The Labute approximate surface area is 146 Å². The summed E-state index contributed by atoms with van der Waals surface area (Å²) < 4.78 is 33.7. The zero-order chi connectivity index (χ0) is 18.2. The number of rotatable bonds is 4. The highest BCUT2D eigenvalue weighted by atomic mass is 32.2. The number of carbonyl (C=O) groups is 1. The summed E-state index contributed by atoms with van der Waals surface area (Å²) in [5, 5.41) is 9.26. The Morgan fingerprint density at radius 2 is 1.96 bits per heavy atom. The predicted molar refractivity (Wildman–Crippen MR) is 93.5 cm³/mol. The molecule has 2 aromatic carbocycles. The van der Waals surface area contributed by atoms with Crippen molar-refractivity contribution in [1.82, 2.24) is 0 Å². The van der Waals surface area contributed by atoms with E-state index in [0.717, 1.165) is 17.5 Å². The zero-order valence-electron chi connectivity index (χ0n) is 14.0. The molecule has 0 radical (unpaired) electrons. The minimum atomic E-state index is -3.92. The number of benzene rings is 2. The highest BCUT2D eigenvalue weighted by Gasteiger charge is 2.23. The van der Waals surface area contributed by atoms with Crippen LogP contribution in [-0.2, 0) is 27.8 Å². The molecule has 2 aromatic rings. The number of fused-ring (bicyclic) bond motifs is 1. The largest absolute Gasteiger partial charge is 0.478 e. The van der Waals surface area contributed by atoms with Crippen molar-refractivity contribution < 1.29 is 23.1 Å². The average Bonchev–Trinajstić information content (AvgIpc) is 2.54. The van der Waals surface area contributed by atoms with Crippen molar-refractivity contribution in [3.8, 4) is 0 Å². The van der Waals surface area contributed by atoms with Gasteiger partial charge >= 0.3 is 5.97 Å². The summed E-state index contributed by atoms with van der Waals surface area (Å²) in [6, 6.07) is 8.22. The van der Waals surface area contributed by atoms with Gasteiger partial charge in [0.2, 0.25) is 0 Å². The Morgan fingerprint density at radius 3 is 2.68 bits per heavy atom. The molecule has 1 heterocycles. The van der Waals surface area contributed by atoms with E-state index >= 15 is 0 Å². The normalized spacial score (nSPS) is 14.0. The van der Waals surface area contributed by atoms with Crippen LogP contribution in [0.2, 0.25) is 0 Å². The van der Waals surface area contributed by atoms with Gasteiger partial charge in [-0.3, -0.25) is 4.72 Å². The molecule has 0 aromatic heterocycles. The highest BCUT2D eigenvalue weighted by Crippen LogP contribution is 2.28. The van der Waals surface area contributed by atoms with Gasteiger partial charge in [0.25, 0.3) is 10.0 Å². The SMILES string of the molecule is Cc1cc(C)c(S(=O)(=O)Nc2cccc3c2COCC3)cc1C(=O)O. The fourth-order valence-electron chi connectivity index (χ4n) is 3.04. The van der Waals surface area contributed by atoms with Gasteiger partial charge in [0, 0.05) is 5.56 Å². The third kappa shape index (κ3) is 3.38. The second kappa shape index (κ2) is 6.50. The summed E-state index contributed by atoms with van der Waals surface area (Å²) in [4.78, 5) is 11.3. The molecule has 0 unspecified atom stereocenters. The van der Waals surface area contributed by atoms with E-state index in [1.807, 2.05) is 6.07 Å². The molecule has 0 aliphatic carbocycles. The van der Waals surface area contributed by atoms with Gasteiger partial charge in [-0.2, -0.15) is 0 Å². The van der Waals surface area contributed by atoms with Crippen LogP contribution >= 0.6 is 0 Å². The third-order valence-corrected chi connectivity index (χ3v) is 5.83. The molecular weight excluding hydrogens is 342 g/mol. The van der Waals surface area contributed by atoms with Gasteiger partial charge < -0.3 is 9.84 Å². The molecule has 0 atom stereocenters. The first-order chi connectivity index (χ1) is 11.8. The molecule has 0 spiro atoms. The van der Waals surface area contributed by atoms with E-state index in [0.29, 0.717) is 30.0 Å². The second-order valence-electron chi connectivity index (χ2n) is 6.09. The van der Waals surface area contributed by atoms with E-state index in [1.54, 1.807) is 32.0 Å². The molecule has 132 valence electrons. The minimum Gasteiger partial charge on any atom is -0.478 e. The van der Waals surface area contributed by atoms with Crippen LogP contribution in [0.25, 0.3) is 0 Å². The number of carboxylic acids is 1. The van der Waals surface area contributed by atoms with Crippen molar-refractivity contribution >= 4 is 21.7 Å². The molecular formula is C18H19NO5S. The van der Waals surface area contributed by atoms with Gasteiger partial charge in [0.15, 0.2) is 0 Å². The van der Waals surface area contributed by atoms with Gasteiger partial charge in [-0.05, 0) is 49.1 Å². The monoisotopic (exact) mass is 361 g/mol. The highest BCUT2D eigenvalue weighted by molar-refractivity contribution is 7.92. The maximum atomic E-state index is 12.8. The smallest absolute Gasteiger partial charge is 0.335 e. The van der Waals surface area contributed by atoms with Crippen LogP contribution in [0, 0.1) is 13.8 Å². The molecule has 0 saturated heterocycles. The number of carboxylic acid groups (broad SMARTS) is 1. The Balaban J connectivity index is 2.04. The van der Waals surface area contributed by atoms with E-state index in [-0.39, 0.29) is 10.5 Å². The number of sulfonamides is 1. The number of ether oxygens (including phenoxy) is 1. The first-order valence-corrected chi connectivity index (χ1v) is 9.34. The van der Waals surface area contributed by atoms with Crippen molar-refractivity contribution in [2.75, 3.05) is 11.3 Å². The lowest BCUT2D eigenvalue weighted by Crippen LogP contribution is -2.19. The predicted octanol–water partition coefficient (Wildman–Crippen LogP) is 2.88. The lowest BCUT2D eigenvalue weighted by atomic mass is 10.0. The Kier molecular flexibility index (Phi) is 4.53. The number of hydrogen-bond donors (Lipinski definition) is 2. The first-order valence-electron chi connectivity index (χ1n) is 7.85. The van der Waals surface area contributed by atoms with E-state index in [1.165, 1.54) is 6.07 Å². The molecule has 0 bridgehead atoms. The Bertz CT molecular complexity index is 950. The van der Waals surface area contributed by atoms with Gasteiger partial charge in [0.05, 0.1) is 29.4 Å². The lowest BCUT2D eigenvalue weighted by Gasteiger charge is -2.21. The van der Waals surface area contributed by atoms with Gasteiger partial charge in [0.1, 0.15) is 0 Å². The average molecular weight is 361 g/mol. The molecule has 6 nitrogen and oxygen atoms in total. The fraction of sp³-hybridized carbons (Fsp3) is 0.278. The van der Waals surface area contributed by atoms with Gasteiger partial charge in [-0.1, -0.05) is 18.2 Å². The molecule has 1 aliphatic rings. The maximum absolute atomic E-state index is 12.8. The van der Waals surface area contributed by atoms with Crippen LogP contribution < -0.4 is 4.72 Å². The first kappa shape index (κ1) is 17.4. The zero-order valence-corrected chi connectivity index (χ0v) is 14.8. The van der Waals surface area contributed by atoms with Crippen molar-refractivity contribution in [3.05, 3.63) is 58.1 Å². The number of nitrogens with one attached hydrogen (secondary N) is 1. The van der Waals surface area contributed by atoms with E-state index in [9.17, 15) is 18.3 Å². The van der Waals surface area contributed by atoms with E-state index < -0.39 is 16.0 Å².